The fourth-order valence-corrected chi connectivity index (χ4v) is 3.12. The van der Waals surface area contributed by atoms with E-state index >= 15 is 0 Å². The van der Waals surface area contributed by atoms with Crippen molar-refractivity contribution < 1.29 is 19.1 Å². The van der Waals surface area contributed by atoms with E-state index in [9.17, 15) is 9.59 Å². The highest BCUT2D eigenvalue weighted by Gasteiger charge is 2.33. The molecule has 1 aliphatic rings. The van der Waals surface area contributed by atoms with Crippen LogP contribution in [-0.2, 0) is 27.2 Å². The molecule has 25 heavy (non-hydrogen) atoms. The number of amides is 1. The molecule has 6 heteroatoms. The first-order valence-corrected chi connectivity index (χ1v) is 9.00. The highest BCUT2D eigenvalue weighted by atomic mass is 35.5. The van der Waals surface area contributed by atoms with Crippen molar-refractivity contribution in [3.63, 3.8) is 0 Å². The van der Waals surface area contributed by atoms with Gasteiger partial charge in [0, 0.05) is 24.0 Å². The van der Waals surface area contributed by atoms with Gasteiger partial charge in [-0.05, 0) is 63.8 Å². The molecule has 5 nitrogen and oxygen atoms in total. The number of hydrogen-bond acceptors (Lipinski definition) is 4. The summed E-state index contributed by atoms with van der Waals surface area (Å²) in [7, 11) is 0. The predicted molar refractivity (Wildman–Crippen MR) is 96.6 cm³/mol. The number of hydrogen-bond donors (Lipinski definition) is 0. The molecule has 0 aliphatic carbocycles. The van der Waals surface area contributed by atoms with Crippen LogP contribution < -0.4 is 0 Å². The molecule has 0 unspecified atom stereocenters. The molecule has 0 fully saturated rings. The van der Waals surface area contributed by atoms with Crippen LogP contribution >= 0.6 is 11.6 Å². The first kappa shape index (κ1) is 19.6. The predicted octanol–water partition coefficient (Wildman–Crippen LogP) is 4.35. The van der Waals surface area contributed by atoms with Crippen LogP contribution in [0.2, 0.25) is 5.02 Å². The van der Waals surface area contributed by atoms with Gasteiger partial charge >= 0.3 is 12.1 Å². The third-order valence-electron chi connectivity index (χ3n) is 4.02. The molecule has 1 aliphatic heterocycles. The Kier molecular flexibility index (Phi) is 6.33. The summed E-state index contributed by atoms with van der Waals surface area (Å²) in [5.74, 6) is -0.247. The molecule has 138 valence electrons. The van der Waals surface area contributed by atoms with Crippen molar-refractivity contribution in [2.24, 2.45) is 0 Å². The van der Waals surface area contributed by atoms with Gasteiger partial charge < -0.3 is 14.4 Å². The fourth-order valence-electron chi connectivity index (χ4n) is 2.93. The number of nitrogens with zero attached hydrogens (tertiary/aromatic N) is 1. The van der Waals surface area contributed by atoms with E-state index in [1.807, 2.05) is 39.0 Å². The van der Waals surface area contributed by atoms with Crippen molar-refractivity contribution in [1.82, 2.24) is 4.90 Å². The quantitative estimate of drug-likeness (QED) is 0.742. The number of benzene rings is 1. The summed E-state index contributed by atoms with van der Waals surface area (Å²) in [5, 5.41) is 0.675. The van der Waals surface area contributed by atoms with Gasteiger partial charge in [0.15, 0.2) is 0 Å². The second kappa shape index (κ2) is 8.09. The van der Waals surface area contributed by atoms with Gasteiger partial charge in [0.05, 0.1) is 6.61 Å². The molecule has 1 aromatic rings. The minimum atomic E-state index is -0.566. The first-order valence-electron chi connectivity index (χ1n) is 8.62. The van der Waals surface area contributed by atoms with Crippen molar-refractivity contribution in [1.29, 1.82) is 0 Å². The van der Waals surface area contributed by atoms with Gasteiger partial charge in [-0.1, -0.05) is 17.7 Å². The molecule has 0 aromatic heterocycles. The van der Waals surface area contributed by atoms with Crippen molar-refractivity contribution in [3.05, 3.63) is 34.3 Å². The zero-order valence-electron chi connectivity index (χ0n) is 15.3. The number of ether oxygens (including phenoxy) is 2. The molecule has 0 saturated carbocycles. The van der Waals surface area contributed by atoms with Crippen LogP contribution in [0.1, 0.15) is 51.7 Å². The van der Waals surface area contributed by atoms with Crippen LogP contribution in [0.3, 0.4) is 0 Å². The molecular weight excluding hydrogens is 342 g/mol. The van der Waals surface area contributed by atoms with Crippen molar-refractivity contribution in [2.75, 3.05) is 6.61 Å². The second-order valence-electron chi connectivity index (χ2n) is 7.22. The van der Waals surface area contributed by atoms with Gasteiger partial charge in [-0.3, -0.25) is 4.79 Å². The average Bonchev–Trinajstić information content (AvgIpc) is 2.50. The van der Waals surface area contributed by atoms with E-state index in [4.69, 9.17) is 21.1 Å². The monoisotopic (exact) mass is 367 g/mol. The van der Waals surface area contributed by atoms with Gasteiger partial charge in [0.1, 0.15) is 5.60 Å². The number of rotatable bonds is 4. The van der Waals surface area contributed by atoms with Gasteiger partial charge in [-0.25, -0.2) is 4.79 Å². The summed E-state index contributed by atoms with van der Waals surface area (Å²) in [6.07, 6.45) is 1.09. The Balaban J connectivity index is 2.18. The first-order chi connectivity index (χ1) is 11.7. The number of carbonyl (C=O) groups is 2. The lowest BCUT2D eigenvalue weighted by atomic mass is 9.92. The molecule has 2 rings (SSSR count). The van der Waals surface area contributed by atoms with Crippen molar-refractivity contribution >= 4 is 23.7 Å². The summed E-state index contributed by atoms with van der Waals surface area (Å²) in [6.45, 7) is 8.12. The summed E-state index contributed by atoms with van der Waals surface area (Å²) in [6, 6.07) is 5.58. The molecule has 1 aromatic carbocycles. The highest BCUT2D eigenvalue weighted by molar-refractivity contribution is 6.30. The van der Waals surface area contributed by atoms with Gasteiger partial charge in [-0.15, -0.1) is 0 Å². The van der Waals surface area contributed by atoms with Crippen LogP contribution in [0.25, 0.3) is 0 Å². The lowest BCUT2D eigenvalue weighted by molar-refractivity contribution is -0.143. The molecule has 1 heterocycles. The maximum atomic E-state index is 12.6. The molecule has 0 bridgehead atoms. The average molecular weight is 368 g/mol. The van der Waals surface area contributed by atoms with Crippen LogP contribution in [0.15, 0.2) is 18.2 Å². The summed E-state index contributed by atoms with van der Waals surface area (Å²) in [4.78, 5) is 26.1. The molecule has 1 atom stereocenters. The van der Waals surface area contributed by atoms with Crippen LogP contribution in [-0.4, -0.2) is 35.2 Å². The largest absolute Gasteiger partial charge is 0.466 e. The smallest absolute Gasteiger partial charge is 0.410 e. The Morgan fingerprint density at radius 3 is 2.64 bits per heavy atom. The van der Waals surface area contributed by atoms with E-state index in [1.54, 1.807) is 11.8 Å². The Morgan fingerprint density at radius 2 is 2.00 bits per heavy atom. The van der Waals surface area contributed by atoms with Crippen LogP contribution in [0, 0.1) is 0 Å². The molecule has 1 amide bonds. The van der Waals surface area contributed by atoms with E-state index < -0.39 is 5.60 Å². The van der Waals surface area contributed by atoms with E-state index in [1.165, 1.54) is 0 Å². The Morgan fingerprint density at radius 1 is 1.28 bits per heavy atom. The zero-order valence-corrected chi connectivity index (χ0v) is 16.1. The van der Waals surface area contributed by atoms with E-state index in [-0.39, 0.29) is 24.5 Å². The van der Waals surface area contributed by atoms with Crippen molar-refractivity contribution in [2.45, 2.75) is 65.1 Å². The van der Waals surface area contributed by atoms with Gasteiger partial charge in [0.25, 0.3) is 0 Å². The van der Waals surface area contributed by atoms with E-state index in [0.717, 1.165) is 11.1 Å². The minimum Gasteiger partial charge on any atom is -0.466 e. The highest BCUT2D eigenvalue weighted by Crippen LogP contribution is 2.29. The number of carbonyl (C=O) groups excluding carboxylic acids is 2. The minimum absolute atomic E-state index is 0.120. The van der Waals surface area contributed by atoms with E-state index in [0.29, 0.717) is 31.0 Å². The Hall–Kier alpha value is -1.75. The number of halogens is 1. The van der Waals surface area contributed by atoms with Gasteiger partial charge in [0.2, 0.25) is 0 Å². The Bertz CT molecular complexity index is 639. The summed E-state index contributed by atoms with van der Waals surface area (Å²) >= 11 is 6.10. The molecule has 0 spiro atoms. The molecule has 0 saturated heterocycles. The van der Waals surface area contributed by atoms with Crippen molar-refractivity contribution in [3.8, 4) is 0 Å². The molecule has 0 N–H and O–H groups in total. The summed E-state index contributed by atoms with van der Waals surface area (Å²) in [5.41, 5.74) is 1.60. The van der Waals surface area contributed by atoms with Gasteiger partial charge in [-0.2, -0.15) is 0 Å². The van der Waals surface area contributed by atoms with Crippen LogP contribution in [0.5, 0.6) is 0 Å². The maximum Gasteiger partial charge on any atom is 0.410 e. The second-order valence-corrected chi connectivity index (χ2v) is 7.66. The maximum absolute atomic E-state index is 12.6. The van der Waals surface area contributed by atoms with E-state index in [2.05, 4.69) is 0 Å². The number of esters is 1. The fraction of sp³-hybridized carbons (Fsp3) is 0.579. The third kappa shape index (κ3) is 5.63. The molecule has 0 radical (unpaired) electrons. The lowest BCUT2D eigenvalue weighted by Crippen LogP contribution is -2.46. The SMILES string of the molecule is CCOC(=O)CC[C@H]1Cc2cc(Cl)ccc2CN1C(=O)OC(C)(C)C. The Labute approximate surface area is 154 Å². The zero-order chi connectivity index (χ0) is 18.6. The summed E-state index contributed by atoms with van der Waals surface area (Å²) < 4.78 is 10.5. The normalized spacial score (nSPS) is 17.0. The topological polar surface area (TPSA) is 55.8 Å². The molecular formula is C19H26ClNO4. The standard InChI is InChI=1S/C19H26ClNO4/c1-5-24-17(22)9-8-16-11-14-10-15(20)7-6-13(14)12-21(16)18(23)25-19(2,3)4/h6-7,10,16H,5,8-9,11-12H2,1-4H3/t16-/m0/s1. The lowest BCUT2D eigenvalue weighted by Gasteiger charge is -2.37. The third-order valence-corrected chi connectivity index (χ3v) is 4.26. The van der Waals surface area contributed by atoms with Crippen LogP contribution in [0.4, 0.5) is 4.79 Å². The number of fused-ring (bicyclic) bond motifs is 1.